The zero-order valence-electron chi connectivity index (χ0n) is 14.6. The molecule has 11 heteroatoms. The van der Waals surface area contributed by atoms with E-state index in [9.17, 15) is 0 Å². The van der Waals surface area contributed by atoms with Gasteiger partial charge in [0.1, 0.15) is 17.3 Å². The number of nitrogens with zero attached hydrogens (tertiary/aromatic N) is 5. The molecule has 0 spiro atoms. The Hall–Kier alpha value is -2.89. The molecule has 1 aliphatic heterocycles. The largest absolute Gasteiger partial charge is 0.497 e. The van der Waals surface area contributed by atoms with Gasteiger partial charge in [-0.15, -0.1) is 0 Å². The molecule has 1 aliphatic rings. The van der Waals surface area contributed by atoms with E-state index < -0.39 is 0 Å². The van der Waals surface area contributed by atoms with Gasteiger partial charge in [0.2, 0.25) is 5.88 Å². The molecule has 0 aromatic carbocycles. The van der Waals surface area contributed by atoms with Crippen LogP contribution in [0.3, 0.4) is 0 Å². The van der Waals surface area contributed by atoms with Crippen LogP contribution in [0.4, 0.5) is 11.7 Å². The van der Waals surface area contributed by atoms with Crippen molar-refractivity contribution in [2.75, 3.05) is 43.4 Å². The fourth-order valence-electron chi connectivity index (χ4n) is 2.58. The summed E-state index contributed by atoms with van der Waals surface area (Å²) in [4.78, 5) is 8.57. The summed E-state index contributed by atoms with van der Waals surface area (Å²) in [5.41, 5.74) is 2.79. The summed E-state index contributed by atoms with van der Waals surface area (Å²) >= 11 is 5.36. The van der Waals surface area contributed by atoms with Crippen molar-refractivity contribution in [3.63, 3.8) is 0 Å². The van der Waals surface area contributed by atoms with Gasteiger partial charge in [0, 0.05) is 44.5 Å². The summed E-state index contributed by atoms with van der Waals surface area (Å²) in [6.45, 7) is 3.01. The Kier molecular flexibility index (Phi) is 6.06. The van der Waals surface area contributed by atoms with E-state index >= 15 is 0 Å². The first kappa shape index (κ1) is 18.9. The molecule has 1 saturated heterocycles. The van der Waals surface area contributed by atoms with Crippen molar-refractivity contribution >= 4 is 35.2 Å². The molecule has 144 valence electrons. The third kappa shape index (κ3) is 4.84. The van der Waals surface area contributed by atoms with E-state index in [-0.39, 0.29) is 11.1 Å². The van der Waals surface area contributed by atoms with Gasteiger partial charge >= 0.3 is 0 Å². The van der Waals surface area contributed by atoms with Gasteiger partial charge in [-0.25, -0.2) is 4.98 Å². The number of furan rings is 1. The Bertz CT molecular complexity index is 804. The van der Waals surface area contributed by atoms with Gasteiger partial charge < -0.3 is 19.0 Å². The van der Waals surface area contributed by atoms with Crippen molar-refractivity contribution in [3.8, 4) is 5.75 Å². The van der Waals surface area contributed by atoms with Crippen LogP contribution < -0.4 is 20.3 Å². The third-order valence-electron chi connectivity index (χ3n) is 4.01. The van der Waals surface area contributed by atoms with Crippen LogP contribution in [0.15, 0.2) is 40.0 Å². The van der Waals surface area contributed by atoms with Crippen LogP contribution in [0.2, 0.25) is 0 Å². The molecular weight excluding hydrogens is 372 g/mol. The Labute approximate surface area is 161 Å². The number of hydrogen-bond acceptors (Lipinski definition) is 9. The summed E-state index contributed by atoms with van der Waals surface area (Å²) in [6.07, 6.45) is 3.13. The number of rotatable bonds is 5. The lowest BCUT2D eigenvalue weighted by Gasteiger charge is -2.36. The maximum atomic E-state index is 8.85. The first-order valence-corrected chi connectivity index (χ1v) is 8.58. The van der Waals surface area contributed by atoms with E-state index in [1.54, 1.807) is 19.4 Å². The van der Waals surface area contributed by atoms with Gasteiger partial charge in [-0.05, 0) is 24.4 Å². The highest BCUT2D eigenvalue weighted by atomic mass is 32.1. The number of anilines is 2. The molecule has 0 unspecified atom stereocenters. The van der Waals surface area contributed by atoms with Gasteiger partial charge in [-0.3, -0.25) is 15.8 Å². The predicted molar refractivity (Wildman–Crippen MR) is 103 cm³/mol. The van der Waals surface area contributed by atoms with Crippen LogP contribution in [-0.4, -0.2) is 64.9 Å². The lowest BCUT2D eigenvalue weighted by Crippen LogP contribution is -2.51. The van der Waals surface area contributed by atoms with Crippen molar-refractivity contribution in [1.29, 1.82) is 0 Å². The van der Waals surface area contributed by atoms with Gasteiger partial charge in [-0.2, -0.15) is 5.10 Å². The van der Waals surface area contributed by atoms with E-state index in [2.05, 4.69) is 20.4 Å². The number of nitrogens with one attached hydrogen (secondary N) is 1. The Morgan fingerprint density at radius 3 is 2.78 bits per heavy atom. The number of hydrazone groups is 1. The summed E-state index contributed by atoms with van der Waals surface area (Å²) in [5, 5.41) is 22.1. The smallest absolute Gasteiger partial charge is 0.247 e. The average Bonchev–Trinajstić information content (AvgIpc) is 3.17. The zero-order chi connectivity index (χ0) is 19.2. The molecule has 0 radical (unpaired) electrons. The zero-order valence-corrected chi connectivity index (χ0v) is 15.5. The standard InChI is InChI=1S/C16H20N6O4S/c1-25-12-4-5-17-14(10-12)20-6-8-21(9-7-20)16(27)19-18-11-13-2-3-15(26-13)22(23)24/h2-5,10-11,23-24H,6-9H2,1H3,(H,19,27)/b18-11+. The molecule has 10 nitrogen and oxygen atoms in total. The number of methoxy groups -OCH3 is 1. The summed E-state index contributed by atoms with van der Waals surface area (Å²) in [5.74, 6) is 1.89. The molecule has 2 aromatic rings. The second kappa shape index (κ2) is 8.66. The van der Waals surface area contributed by atoms with E-state index in [1.807, 2.05) is 17.0 Å². The van der Waals surface area contributed by atoms with Crippen LogP contribution >= 0.6 is 12.2 Å². The van der Waals surface area contributed by atoms with Gasteiger partial charge in [0.15, 0.2) is 5.11 Å². The first-order chi connectivity index (χ1) is 13.1. The maximum absolute atomic E-state index is 8.85. The van der Waals surface area contributed by atoms with E-state index in [4.69, 9.17) is 31.8 Å². The van der Waals surface area contributed by atoms with Crippen LogP contribution in [0.1, 0.15) is 5.76 Å². The topological polar surface area (TPSA) is 110 Å². The molecule has 0 saturated carbocycles. The highest BCUT2D eigenvalue weighted by Gasteiger charge is 2.20. The maximum Gasteiger partial charge on any atom is 0.247 e. The normalized spacial score (nSPS) is 14.5. The number of pyridine rings is 1. The van der Waals surface area contributed by atoms with Crippen LogP contribution in [0, 0.1) is 0 Å². The molecule has 27 heavy (non-hydrogen) atoms. The van der Waals surface area contributed by atoms with Crippen molar-refractivity contribution in [2.45, 2.75) is 0 Å². The first-order valence-electron chi connectivity index (χ1n) is 8.17. The predicted octanol–water partition coefficient (Wildman–Crippen LogP) is 1.30. The Morgan fingerprint density at radius 1 is 1.33 bits per heavy atom. The molecule has 1 fully saturated rings. The van der Waals surface area contributed by atoms with Crippen molar-refractivity contribution in [2.24, 2.45) is 5.10 Å². The molecule has 3 heterocycles. The highest BCUT2D eigenvalue weighted by molar-refractivity contribution is 7.80. The summed E-state index contributed by atoms with van der Waals surface area (Å²) in [7, 11) is 1.63. The minimum Gasteiger partial charge on any atom is -0.497 e. The molecular formula is C16H20N6O4S. The van der Waals surface area contributed by atoms with Gasteiger partial charge in [0.05, 0.1) is 13.3 Å². The highest BCUT2D eigenvalue weighted by Crippen LogP contribution is 2.19. The van der Waals surface area contributed by atoms with E-state index in [0.29, 0.717) is 10.9 Å². The average molecular weight is 392 g/mol. The molecule has 0 bridgehead atoms. The van der Waals surface area contributed by atoms with Crippen molar-refractivity contribution in [1.82, 2.24) is 15.3 Å². The Balaban J connectivity index is 1.48. The quantitative estimate of drug-likeness (QED) is 0.391. The van der Waals surface area contributed by atoms with Crippen molar-refractivity contribution < 1.29 is 19.6 Å². The fourth-order valence-corrected chi connectivity index (χ4v) is 2.81. The number of piperazine rings is 1. The molecule has 2 aromatic heterocycles. The monoisotopic (exact) mass is 392 g/mol. The van der Waals surface area contributed by atoms with Crippen molar-refractivity contribution in [3.05, 3.63) is 36.2 Å². The van der Waals surface area contributed by atoms with Crippen LogP contribution in [0.5, 0.6) is 5.75 Å². The number of ether oxygens (including phenoxy) is 1. The second-order valence-electron chi connectivity index (χ2n) is 5.67. The van der Waals surface area contributed by atoms with Gasteiger partial charge in [-0.1, -0.05) is 5.23 Å². The summed E-state index contributed by atoms with van der Waals surface area (Å²) < 4.78 is 10.3. The molecule has 0 aliphatic carbocycles. The lowest BCUT2D eigenvalue weighted by molar-refractivity contribution is 0.0174. The summed E-state index contributed by atoms with van der Waals surface area (Å²) in [6, 6.07) is 6.67. The van der Waals surface area contributed by atoms with E-state index in [1.165, 1.54) is 12.3 Å². The number of hydrogen-bond donors (Lipinski definition) is 3. The SMILES string of the molecule is COc1ccnc(N2CCN(C(=S)N/N=C/c3ccc(N(O)O)o3)CC2)c1. The lowest BCUT2D eigenvalue weighted by atomic mass is 10.3. The third-order valence-corrected chi connectivity index (χ3v) is 4.35. The minimum absolute atomic E-state index is 0.105. The number of thiocarbonyl (C=S) groups is 1. The molecule has 0 atom stereocenters. The molecule has 0 amide bonds. The van der Waals surface area contributed by atoms with E-state index in [0.717, 1.165) is 37.7 Å². The fraction of sp³-hybridized carbons (Fsp3) is 0.312. The minimum atomic E-state index is -0.110. The van der Waals surface area contributed by atoms with Crippen LogP contribution in [-0.2, 0) is 0 Å². The Morgan fingerprint density at radius 2 is 2.11 bits per heavy atom. The molecule has 3 rings (SSSR count). The van der Waals surface area contributed by atoms with Crippen LogP contribution in [0.25, 0.3) is 0 Å². The second-order valence-corrected chi connectivity index (χ2v) is 6.06. The van der Waals surface area contributed by atoms with Gasteiger partial charge in [0.25, 0.3) is 0 Å². The number of aromatic nitrogens is 1. The molecule has 3 N–H and O–H groups in total.